The lowest BCUT2D eigenvalue weighted by atomic mass is 10.0. The van der Waals surface area contributed by atoms with E-state index in [1.165, 1.54) is 0 Å². The van der Waals surface area contributed by atoms with E-state index >= 15 is 0 Å². The minimum atomic E-state index is 0.252. The first-order valence-electron chi connectivity index (χ1n) is 5.45. The van der Waals surface area contributed by atoms with Crippen molar-refractivity contribution in [2.45, 2.75) is 33.2 Å². The molecule has 0 spiro atoms. The minimum absolute atomic E-state index is 0.252. The van der Waals surface area contributed by atoms with Crippen molar-refractivity contribution < 1.29 is 9.84 Å². The van der Waals surface area contributed by atoms with Crippen LogP contribution in [0.1, 0.15) is 27.2 Å². The monoisotopic (exact) mass is 203 g/mol. The zero-order valence-corrected chi connectivity index (χ0v) is 9.92. The second-order valence-corrected chi connectivity index (χ2v) is 4.33. The first kappa shape index (κ1) is 13.9. The highest BCUT2D eigenvalue weighted by Crippen LogP contribution is 2.06. The molecule has 2 unspecified atom stereocenters. The van der Waals surface area contributed by atoms with Gasteiger partial charge in [-0.25, -0.2) is 0 Å². The molecule has 3 heteroatoms. The number of methoxy groups -OCH3 is 1. The SMILES string of the molecule is COCCC(NCC(C)CO)C(C)C. The molecule has 0 rings (SSSR count). The Balaban J connectivity index is 3.73. The Bertz CT molecular complexity index is 128. The lowest BCUT2D eigenvalue weighted by Gasteiger charge is -2.23. The minimum Gasteiger partial charge on any atom is -0.396 e. The molecule has 0 radical (unpaired) electrons. The summed E-state index contributed by atoms with van der Waals surface area (Å²) in [4.78, 5) is 0. The lowest BCUT2D eigenvalue weighted by Crippen LogP contribution is -2.38. The molecule has 86 valence electrons. The van der Waals surface area contributed by atoms with Crippen molar-refractivity contribution in [3.63, 3.8) is 0 Å². The van der Waals surface area contributed by atoms with Crippen molar-refractivity contribution >= 4 is 0 Å². The highest BCUT2D eigenvalue weighted by atomic mass is 16.5. The molecule has 0 aromatic heterocycles. The summed E-state index contributed by atoms with van der Waals surface area (Å²) in [6, 6.07) is 0.490. The van der Waals surface area contributed by atoms with Crippen molar-refractivity contribution in [2.75, 3.05) is 26.9 Å². The zero-order chi connectivity index (χ0) is 11.0. The van der Waals surface area contributed by atoms with E-state index in [-0.39, 0.29) is 6.61 Å². The van der Waals surface area contributed by atoms with Gasteiger partial charge in [0.2, 0.25) is 0 Å². The highest BCUT2D eigenvalue weighted by Gasteiger charge is 2.13. The molecule has 2 N–H and O–H groups in total. The summed E-state index contributed by atoms with van der Waals surface area (Å²) < 4.78 is 5.07. The van der Waals surface area contributed by atoms with E-state index in [9.17, 15) is 0 Å². The molecule has 0 heterocycles. The molecule has 0 aliphatic heterocycles. The second kappa shape index (κ2) is 8.21. The zero-order valence-electron chi connectivity index (χ0n) is 9.92. The summed E-state index contributed by atoms with van der Waals surface area (Å²) in [5, 5.41) is 12.4. The number of hydrogen-bond donors (Lipinski definition) is 2. The molecule has 0 fully saturated rings. The van der Waals surface area contributed by atoms with Gasteiger partial charge in [0, 0.05) is 32.9 Å². The van der Waals surface area contributed by atoms with Crippen molar-refractivity contribution in [2.24, 2.45) is 11.8 Å². The first-order chi connectivity index (χ1) is 6.61. The molecule has 0 aliphatic carbocycles. The van der Waals surface area contributed by atoms with E-state index in [1.807, 2.05) is 6.92 Å². The van der Waals surface area contributed by atoms with Crippen LogP contribution in [0.4, 0.5) is 0 Å². The summed E-state index contributed by atoms with van der Waals surface area (Å²) in [6.45, 7) is 8.38. The Kier molecular flexibility index (Phi) is 8.14. The van der Waals surface area contributed by atoms with Crippen molar-refractivity contribution in [3.05, 3.63) is 0 Å². The van der Waals surface area contributed by atoms with Gasteiger partial charge in [0.25, 0.3) is 0 Å². The summed E-state index contributed by atoms with van der Waals surface area (Å²) in [5.74, 6) is 0.940. The van der Waals surface area contributed by atoms with Crippen LogP contribution in [0.3, 0.4) is 0 Å². The third kappa shape index (κ3) is 6.35. The van der Waals surface area contributed by atoms with Crippen LogP contribution < -0.4 is 5.32 Å². The van der Waals surface area contributed by atoms with Crippen LogP contribution in [0.15, 0.2) is 0 Å². The molecule has 0 aromatic carbocycles. The van der Waals surface area contributed by atoms with E-state index in [2.05, 4.69) is 19.2 Å². The second-order valence-electron chi connectivity index (χ2n) is 4.33. The summed E-state index contributed by atoms with van der Waals surface area (Å²) in [7, 11) is 1.73. The Labute approximate surface area is 87.8 Å². The molecule has 3 nitrogen and oxygen atoms in total. The third-order valence-corrected chi connectivity index (χ3v) is 2.48. The molecular weight excluding hydrogens is 178 g/mol. The highest BCUT2D eigenvalue weighted by molar-refractivity contribution is 4.71. The smallest absolute Gasteiger partial charge is 0.0477 e. The average Bonchev–Trinajstić information content (AvgIpc) is 2.16. The van der Waals surface area contributed by atoms with Crippen LogP contribution >= 0.6 is 0 Å². The quantitative estimate of drug-likeness (QED) is 0.624. The van der Waals surface area contributed by atoms with Crippen molar-refractivity contribution in [1.82, 2.24) is 5.32 Å². The number of ether oxygens (including phenoxy) is 1. The topological polar surface area (TPSA) is 41.5 Å². The van der Waals surface area contributed by atoms with Gasteiger partial charge in [-0.3, -0.25) is 0 Å². The Morgan fingerprint density at radius 3 is 2.36 bits per heavy atom. The number of rotatable bonds is 8. The fourth-order valence-electron chi connectivity index (χ4n) is 1.33. The van der Waals surface area contributed by atoms with Crippen LogP contribution in [0.25, 0.3) is 0 Å². The first-order valence-corrected chi connectivity index (χ1v) is 5.45. The molecule has 14 heavy (non-hydrogen) atoms. The van der Waals surface area contributed by atoms with E-state index in [0.717, 1.165) is 19.6 Å². The van der Waals surface area contributed by atoms with E-state index in [4.69, 9.17) is 9.84 Å². The molecule has 0 amide bonds. The van der Waals surface area contributed by atoms with Gasteiger partial charge >= 0.3 is 0 Å². The summed E-state index contributed by atoms with van der Waals surface area (Å²) in [5.41, 5.74) is 0. The van der Waals surface area contributed by atoms with Crippen LogP contribution in [-0.4, -0.2) is 38.0 Å². The number of aliphatic hydroxyl groups excluding tert-OH is 1. The largest absolute Gasteiger partial charge is 0.396 e. The fraction of sp³-hybridized carbons (Fsp3) is 1.00. The van der Waals surface area contributed by atoms with E-state index < -0.39 is 0 Å². The van der Waals surface area contributed by atoms with Crippen LogP contribution in [0.5, 0.6) is 0 Å². The van der Waals surface area contributed by atoms with Crippen LogP contribution in [0, 0.1) is 11.8 Å². The predicted molar refractivity (Wildman–Crippen MR) is 59.4 cm³/mol. The normalized spacial score (nSPS) is 15.9. The molecule has 0 saturated carbocycles. The molecule has 0 saturated heterocycles. The maximum Gasteiger partial charge on any atom is 0.0477 e. The number of aliphatic hydroxyl groups is 1. The molecule has 0 aliphatic rings. The average molecular weight is 203 g/mol. The third-order valence-electron chi connectivity index (χ3n) is 2.48. The van der Waals surface area contributed by atoms with Gasteiger partial charge in [0.05, 0.1) is 0 Å². The lowest BCUT2D eigenvalue weighted by molar-refractivity contribution is 0.168. The Hall–Kier alpha value is -0.120. The molecular formula is C11H25NO2. The van der Waals surface area contributed by atoms with Crippen molar-refractivity contribution in [3.8, 4) is 0 Å². The van der Waals surface area contributed by atoms with Gasteiger partial charge in [0.15, 0.2) is 0 Å². The van der Waals surface area contributed by atoms with Crippen molar-refractivity contribution in [1.29, 1.82) is 0 Å². The van der Waals surface area contributed by atoms with Gasteiger partial charge in [0.1, 0.15) is 0 Å². The standard InChI is InChI=1S/C11H25NO2/c1-9(2)11(5-6-14-4)12-7-10(3)8-13/h9-13H,5-8H2,1-4H3. The Morgan fingerprint density at radius 2 is 1.93 bits per heavy atom. The van der Waals surface area contributed by atoms with Gasteiger partial charge in [-0.05, 0) is 18.3 Å². The van der Waals surface area contributed by atoms with Gasteiger partial charge in [-0.1, -0.05) is 20.8 Å². The number of hydrogen-bond acceptors (Lipinski definition) is 3. The maximum absolute atomic E-state index is 8.90. The fourth-order valence-corrected chi connectivity index (χ4v) is 1.33. The van der Waals surface area contributed by atoms with E-state index in [1.54, 1.807) is 7.11 Å². The maximum atomic E-state index is 8.90. The van der Waals surface area contributed by atoms with Gasteiger partial charge < -0.3 is 15.2 Å². The van der Waals surface area contributed by atoms with E-state index in [0.29, 0.717) is 17.9 Å². The predicted octanol–water partition coefficient (Wildman–Crippen LogP) is 1.27. The molecule has 0 bridgehead atoms. The Morgan fingerprint density at radius 1 is 1.29 bits per heavy atom. The number of nitrogens with one attached hydrogen (secondary N) is 1. The summed E-state index contributed by atoms with van der Waals surface area (Å²) in [6.07, 6.45) is 1.03. The van der Waals surface area contributed by atoms with Gasteiger partial charge in [-0.2, -0.15) is 0 Å². The summed E-state index contributed by atoms with van der Waals surface area (Å²) >= 11 is 0. The van der Waals surface area contributed by atoms with Gasteiger partial charge in [-0.15, -0.1) is 0 Å². The molecule has 2 atom stereocenters. The van der Waals surface area contributed by atoms with Crippen LogP contribution in [-0.2, 0) is 4.74 Å². The van der Waals surface area contributed by atoms with Crippen LogP contribution in [0.2, 0.25) is 0 Å². The molecule has 0 aromatic rings.